The van der Waals surface area contributed by atoms with E-state index in [1.165, 1.54) is 24.3 Å². The van der Waals surface area contributed by atoms with Crippen LogP contribution >= 0.6 is 47.0 Å². The lowest BCUT2D eigenvalue weighted by Crippen LogP contribution is -2.19. The van der Waals surface area contributed by atoms with Crippen LogP contribution in [0.15, 0.2) is 30.3 Å². The molecule has 0 amide bonds. The van der Waals surface area contributed by atoms with E-state index in [9.17, 15) is 10.2 Å². The van der Waals surface area contributed by atoms with Crippen molar-refractivity contribution < 1.29 is 10.2 Å². The lowest BCUT2D eigenvalue weighted by atomic mass is 10.3. The number of thiocarbonyl (C=S) groups is 1. The minimum absolute atomic E-state index is 0.00134. The zero-order chi connectivity index (χ0) is 15.6. The number of benzene rings is 2. The molecule has 21 heavy (non-hydrogen) atoms. The fourth-order valence-corrected chi connectivity index (χ4v) is 2.54. The highest BCUT2D eigenvalue weighted by molar-refractivity contribution is 7.80. The Kier molecular flexibility index (Phi) is 5.00. The molecule has 2 aromatic carbocycles. The summed E-state index contributed by atoms with van der Waals surface area (Å²) in [7, 11) is 0. The van der Waals surface area contributed by atoms with Gasteiger partial charge >= 0.3 is 0 Å². The quantitative estimate of drug-likeness (QED) is 0.453. The van der Waals surface area contributed by atoms with Gasteiger partial charge in [-0.3, -0.25) is 0 Å². The van der Waals surface area contributed by atoms with Gasteiger partial charge < -0.3 is 20.8 Å². The molecule has 0 aliphatic carbocycles. The van der Waals surface area contributed by atoms with Crippen molar-refractivity contribution in [2.24, 2.45) is 0 Å². The highest BCUT2D eigenvalue weighted by Gasteiger charge is 2.10. The van der Waals surface area contributed by atoms with Gasteiger partial charge in [0.15, 0.2) is 10.9 Å². The first-order valence-corrected chi connectivity index (χ1v) is 7.15. The Hall–Kier alpha value is -1.40. The summed E-state index contributed by atoms with van der Waals surface area (Å²) in [6.07, 6.45) is 0. The second-order valence-corrected chi connectivity index (χ2v) is 5.75. The fourth-order valence-electron chi connectivity index (χ4n) is 1.59. The average Bonchev–Trinajstić information content (AvgIpc) is 2.33. The summed E-state index contributed by atoms with van der Waals surface area (Å²) in [5, 5.41) is 25.8. The van der Waals surface area contributed by atoms with Crippen molar-refractivity contribution in [3.05, 3.63) is 45.4 Å². The van der Waals surface area contributed by atoms with E-state index in [1.807, 2.05) is 0 Å². The Morgan fingerprint density at radius 2 is 1.57 bits per heavy atom. The van der Waals surface area contributed by atoms with Crippen molar-refractivity contribution in [3.8, 4) is 11.5 Å². The Balaban J connectivity index is 2.15. The van der Waals surface area contributed by atoms with Crippen molar-refractivity contribution in [3.63, 3.8) is 0 Å². The minimum atomic E-state index is -0.167. The molecule has 0 saturated heterocycles. The van der Waals surface area contributed by atoms with E-state index in [0.717, 1.165) is 0 Å². The molecule has 2 rings (SSSR count). The number of hydrogen-bond donors (Lipinski definition) is 4. The first kappa shape index (κ1) is 16.0. The van der Waals surface area contributed by atoms with Gasteiger partial charge in [-0.1, -0.05) is 34.8 Å². The molecular formula is C13H9Cl3N2O2S. The molecule has 0 spiro atoms. The number of hydrogen-bond acceptors (Lipinski definition) is 3. The van der Waals surface area contributed by atoms with Crippen molar-refractivity contribution in [1.82, 2.24) is 0 Å². The first-order valence-electron chi connectivity index (χ1n) is 5.61. The normalized spacial score (nSPS) is 10.2. The summed E-state index contributed by atoms with van der Waals surface area (Å²) in [6.45, 7) is 0. The maximum Gasteiger partial charge on any atom is 0.175 e. The predicted molar refractivity (Wildman–Crippen MR) is 91.1 cm³/mol. The van der Waals surface area contributed by atoms with Crippen LogP contribution in [-0.2, 0) is 0 Å². The van der Waals surface area contributed by atoms with Crippen LogP contribution in [0.25, 0.3) is 0 Å². The first-order chi connectivity index (χ1) is 9.85. The van der Waals surface area contributed by atoms with Crippen LogP contribution in [0.3, 0.4) is 0 Å². The molecule has 0 fully saturated rings. The standard InChI is InChI=1S/C13H9Cl3N2O2S/c14-6-1-8(5-9(19)2-6)17-13(21)18-11-4-7(15)3-10(16)12(11)20/h1-5,19-20H,(H2,17,18,21). The molecule has 0 aliphatic rings. The number of phenols is 2. The summed E-state index contributed by atoms with van der Waals surface area (Å²) < 4.78 is 0. The van der Waals surface area contributed by atoms with E-state index in [2.05, 4.69) is 10.6 Å². The monoisotopic (exact) mass is 362 g/mol. The van der Waals surface area contributed by atoms with E-state index in [4.69, 9.17) is 47.0 Å². The Labute approximate surface area is 141 Å². The maximum absolute atomic E-state index is 9.82. The van der Waals surface area contributed by atoms with Crippen LogP contribution in [-0.4, -0.2) is 15.3 Å². The molecule has 0 saturated carbocycles. The zero-order valence-corrected chi connectivity index (χ0v) is 13.4. The van der Waals surface area contributed by atoms with Crippen molar-refractivity contribution in [2.45, 2.75) is 0 Å². The fraction of sp³-hybridized carbons (Fsp3) is 0. The molecule has 0 bridgehead atoms. The maximum atomic E-state index is 9.82. The molecule has 8 heteroatoms. The van der Waals surface area contributed by atoms with Crippen LogP contribution in [0, 0.1) is 0 Å². The number of phenolic OH excluding ortho intramolecular Hbond substituents is 2. The topological polar surface area (TPSA) is 64.5 Å². The molecule has 4 N–H and O–H groups in total. The summed E-state index contributed by atoms with van der Waals surface area (Å²) >= 11 is 22.6. The largest absolute Gasteiger partial charge is 0.508 e. The number of nitrogens with one attached hydrogen (secondary N) is 2. The van der Waals surface area contributed by atoms with Gasteiger partial charge in [0.05, 0.1) is 10.7 Å². The molecular weight excluding hydrogens is 355 g/mol. The molecule has 0 atom stereocenters. The van der Waals surface area contributed by atoms with Gasteiger partial charge in [-0.05, 0) is 36.5 Å². The van der Waals surface area contributed by atoms with Gasteiger partial charge in [0.25, 0.3) is 0 Å². The Morgan fingerprint density at radius 3 is 2.24 bits per heavy atom. The number of aromatic hydroxyl groups is 2. The van der Waals surface area contributed by atoms with E-state index >= 15 is 0 Å². The third-order valence-electron chi connectivity index (χ3n) is 2.42. The van der Waals surface area contributed by atoms with Crippen LogP contribution in [0.1, 0.15) is 0 Å². The number of rotatable bonds is 2. The minimum Gasteiger partial charge on any atom is -0.508 e. The molecule has 0 aromatic heterocycles. The molecule has 110 valence electrons. The van der Waals surface area contributed by atoms with Gasteiger partial charge in [0.2, 0.25) is 0 Å². The van der Waals surface area contributed by atoms with Crippen LogP contribution in [0.4, 0.5) is 11.4 Å². The second kappa shape index (κ2) is 6.58. The van der Waals surface area contributed by atoms with Crippen molar-refractivity contribution >= 4 is 63.5 Å². The molecule has 0 unspecified atom stereocenters. The van der Waals surface area contributed by atoms with E-state index in [-0.39, 0.29) is 27.3 Å². The number of halogens is 3. The van der Waals surface area contributed by atoms with E-state index < -0.39 is 0 Å². The SMILES string of the molecule is Oc1cc(Cl)cc(NC(=S)Nc2cc(Cl)cc(Cl)c2O)c1. The number of anilines is 2. The molecule has 2 aromatic rings. The molecule has 4 nitrogen and oxygen atoms in total. The van der Waals surface area contributed by atoms with Gasteiger partial charge in [-0.15, -0.1) is 0 Å². The Bertz CT molecular complexity index is 690. The van der Waals surface area contributed by atoms with Crippen molar-refractivity contribution in [2.75, 3.05) is 10.6 Å². The summed E-state index contributed by atoms with van der Waals surface area (Å²) in [5.74, 6) is -0.166. The predicted octanol–water partition coefficient (Wildman–Crippen LogP) is 4.87. The van der Waals surface area contributed by atoms with Gasteiger partial charge in [0, 0.05) is 21.8 Å². The third-order valence-corrected chi connectivity index (χ3v) is 3.35. The second-order valence-electron chi connectivity index (χ2n) is 4.06. The van der Waals surface area contributed by atoms with Crippen molar-refractivity contribution in [1.29, 1.82) is 0 Å². The highest BCUT2D eigenvalue weighted by atomic mass is 35.5. The van der Waals surface area contributed by atoms with Gasteiger partial charge in [-0.2, -0.15) is 0 Å². The molecule has 0 aliphatic heterocycles. The smallest absolute Gasteiger partial charge is 0.175 e. The summed E-state index contributed by atoms with van der Waals surface area (Å²) in [4.78, 5) is 0. The van der Waals surface area contributed by atoms with Gasteiger partial charge in [-0.25, -0.2) is 0 Å². The lowest BCUT2D eigenvalue weighted by Gasteiger charge is -2.13. The lowest BCUT2D eigenvalue weighted by molar-refractivity contribution is 0.475. The van der Waals surface area contributed by atoms with Crippen LogP contribution in [0.5, 0.6) is 11.5 Å². The third kappa shape index (κ3) is 4.28. The van der Waals surface area contributed by atoms with E-state index in [1.54, 1.807) is 6.07 Å². The average molecular weight is 364 g/mol. The summed E-state index contributed by atoms with van der Waals surface area (Å²) in [6, 6.07) is 7.32. The summed E-state index contributed by atoms with van der Waals surface area (Å²) in [5.41, 5.74) is 0.751. The van der Waals surface area contributed by atoms with Crippen LogP contribution < -0.4 is 10.6 Å². The Morgan fingerprint density at radius 1 is 0.905 bits per heavy atom. The van der Waals surface area contributed by atoms with Crippen LogP contribution in [0.2, 0.25) is 15.1 Å². The van der Waals surface area contributed by atoms with E-state index in [0.29, 0.717) is 15.7 Å². The molecule has 0 radical (unpaired) electrons. The highest BCUT2D eigenvalue weighted by Crippen LogP contribution is 2.35. The molecule has 0 heterocycles. The zero-order valence-electron chi connectivity index (χ0n) is 10.3. The van der Waals surface area contributed by atoms with Gasteiger partial charge in [0.1, 0.15) is 5.75 Å².